The van der Waals surface area contributed by atoms with Crippen LogP contribution in [-0.2, 0) is 4.74 Å². The summed E-state index contributed by atoms with van der Waals surface area (Å²) < 4.78 is 10.7. The molecule has 0 saturated carbocycles. The Morgan fingerprint density at radius 3 is 2.61 bits per heavy atom. The van der Waals surface area contributed by atoms with Crippen LogP contribution in [0.4, 0.5) is 29.2 Å². The summed E-state index contributed by atoms with van der Waals surface area (Å²) in [5.74, 6) is 1.49. The van der Waals surface area contributed by atoms with Crippen LogP contribution in [-0.4, -0.2) is 59.5 Å². The SMILES string of the molecule is COc1ccc([N+](=O)[O-])cc1C=NNc1nc(Nc2ccccc2)nc(N2CCOCC2)n1. The molecule has 0 amide bonds. The summed E-state index contributed by atoms with van der Waals surface area (Å²) in [4.78, 5) is 26.0. The Hall–Kier alpha value is -4.32. The highest BCUT2D eigenvalue weighted by molar-refractivity contribution is 5.85. The number of nitro benzene ring substituents is 1. The number of hydrogen-bond acceptors (Lipinski definition) is 11. The van der Waals surface area contributed by atoms with Crippen molar-refractivity contribution in [2.45, 2.75) is 0 Å². The monoisotopic (exact) mass is 450 g/mol. The first kappa shape index (κ1) is 21.9. The molecule has 2 heterocycles. The fraction of sp³-hybridized carbons (Fsp3) is 0.238. The average Bonchev–Trinajstić information content (AvgIpc) is 2.85. The number of hydrazone groups is 1. The first-order valence-corrected chi connectivity index (χ1v) is 10.1. The number of aromatic nitrogens is 3. The van der Waals surface area contributed by atoms with Gasteiger partial charge in [0.1, 0.15) is 5.75 Å². The molecule has 12 nitrogen and oxygen atoms in total. The number of anilines is 4. The normalized spacial score (nSPS) is 13.7. The number of para-hydroxylation sites is 1. The van der Waals surface area contributed by atoms with Gasteiger partial charge in [0.25, 0.3) is 5.69 Å². The zero-order chi connectivity index (χ0) is 23.0. The maximum Gasteiger partial charge on any atom is 0.270 e. The number of nitro groups is 1. The smallest absolute Gasteiger partial charge is 0.270 e. The van der Waals surface area contributed by atoms with Crippen LogP contribution in [0, 0.1) is 10.1 Å². The maximum atomic E-state index is 11.1. The van der Waals surface area contributed by atoms with Gasteiger partial charge in [-0.2, -0.15) is 20.1 Å². The van der Waals surface area contributed by atoms with Crippen LogP contribution >= 0.6 is 0 Å². The van der Waals surface area contributed by atoms with Crippen molar-refractivity contribution in [2.24, 2.45) is 5.10 Å². The van der Waals surface area contributed by atoms with Crippen LogP contribution in [0.1, 0.15) is 5.56 Å². The summed E-state index contributed by atoms with van der Waals surface area (Å²) in [5, 5.41) is 18.4. The van der Waals surface area contributed by atoms with Crippen molar-refractivity contribution in [2.75, 3.05) is 49.1 Å². The van der Waals surface area contributed by atoms with Crippen molar-refractivity contribution in [1.82, 2.24) is 15.0 Å². The highest BCUT2D eigenvalue weighted by Crippen LogP contribution is 2.23. The van der Waals surface area contributed by atoms with E-state index in [4.69, 9.17) is 9.47 Å². The average molecular weight is 450 g/mol. The van der Waals surface area contributed by atoms with E-state index in [-0.39, 0.29) is 11.6 Å². The summed E-state index contributed by atoms with van der Waals surface area (Å²) in [6.07, 6.45) is 1.41. The van der Waals surface area contributed by atoms with Gasteiger partial charge in [0.15, 0.2) is 0 Å². The molecule has 0 atom stereocenters. The highest BCUT2D eigenvalue weighted by atomic mass is 16.6. The Kier molecular flexibility index (Phi) is 6.85. The zero-order valence-corrected chi connectivity index (χ0v) is 17.8. The predicted octanol–water partition coefficient (Wildman–Crippen LogP) is 2.81. The van der Waals surface area contributed by atoms with Gasteiger partial charge in [-0.15, -0.1) is 0 Å². The Labute approximate surface area is 189 Å². The Balaban J connectivity index is 1.59. The van der Waals surface area contributed by atoms with Crippen LogP contribution in [0.25, 0.3) is 0 Å². The summed E-state index contributed by atoms with van der Waals surface area (Å²) in [7, 11) is 1.48. The molecule has 0 aliphatic carbocycles. The molecule has 1 aliphatic heterocycles. The lowest BCUT2D eigenvalue weighted by Crippen LogP contribution is -2.37. The van der Waals surface area contributed by atoms with Gasteiger partial charge in [0.05, 0.1) is 31.5 Å². The van der Waals surface area contributed by atoms with E-state index in [0.717, 1.165) is 5.69 Å². The van der Waals surface area contributed by atoms with E-state index in [2.05, 4.69) is 30.8 Å². The third-order valence-electron chi connectivity index (χ3n) is 4.74. The molecule has 4 rings (SSSR count). The molecular weight excluding hydrogens is 428 g/mol. The van der Waals surface area contributed by atoms with Crippen LogP contribution in [0.15, 0.2) is 53.6 Å². The number of ether oxygens (including phenoxy) is 2. The lowest BCUT2D eigenvalue weighted by Gasteiger charge is -2.27. The summed E-state index contributed by atoms with van der Waals surface area (Å²) in [5.41, 5.74) is 3.98. The van der Waals surface area contributed by atoms with Crippen LogP contribution in [0.3, 0.4) is 0 Å². The fourth-order valence-electron chi connectivity index (χ4n) is 3.12. The Morgan fingerprint density at radius 2 is 1.88 bits per heavy atom. The third kappa shape index (κ3) is 5.68. The molecular formula is C21H22N8O4. The van der Waals surface area contributed by atoms with Gasteiger partial charge in [0, 0.05) is 36.5 Å². The number of hydrogen-bond donors (Lipinski definition) is 2. The molecule has 33 heavy (non-hydrogen) atoms. The van der Waals surface area contributed by atoms with E-state index in [1.165, 1.54) is 31.5 Å². The summed E-state index contributed by atoms with van der Waals surface area (Å²) in [6, 6.07) is 13.8. The molecule has 0 spiro atoms. The minimum Gasteiger partial charge on any atom is -0.496 e. The second kappa shape index (κ2) is 10.3. The number of nitrogens with one attached hydrogen (secondary N) is 2. The fourth-order valence-corrected chi connectivity index (χ4v) is 3.12. The van der Waals surface area contributed by atoms with E-state index in [1.54, 1.807) is 0 Å². The molecule has 0 radical (unpaired) electrons. The van der Waals surface area contributed by atoms with E-state index >= 15 is 0 Å². The van der Waals surface area contributed by atoms with Crippen molar-refractivity contribution < 1.29 is 14.4 Å². The van der Waals surface area contributed by atoms with Crippen molar-refractivity contribution in [3.05, 3.63) is 64.2 Å². The third-order valence-corrected chi connectivity index (χ3v) is 4.74. The molecule has 0 unspecified atom stereocenters. The molecule has 3 aromatic rings. The molecule has 0 bridgehead atoms. The van der Waals surface area contributed by atoms with Gasteiger partial charge in [-0.1, -0.05) is 18.2 Å². The first-order valence-electron chi connectivity index (χ1n) is 10.1. The van der Waals surface area contributed by atoms with E-state index in [9.17, 15) is 10.1 Å². The second-order valence-corrected chi connectivity index (χ2v) is 6.93. The minimum atomic E-state index is -0.480. The van der Waals surface area contributed by atoms with Crippen molar-refractivity contribution in [1.29, 1.82) is 0 Å². The number of morpholine rings is 1. The molecule has 12 heteroatoms. The first-order chi connectivity index (χ1) is 16.1. The minimum absolute atomic E-state index is 0.0682. The summed E-state index contributed by atoms with van der Waals surface area (Å²) >= 11 is 0. The number of benzene rings is 2. The van der Waals surface area contributed by atoms with Gasteiger partial charge in [0.2, 0.25) is 17.8 Å². The van der Waals surface area contributed by atoms with Gasteiger partial charge in [-0.25, -0.2) is 5.43 Å². The molecule has 2 N–H and O–H groups in total. The zero-order valence-electron chi connectivity index (χ0n) is 17.8. The maximum absolute atomic E-state index is 11.1. The second-order valence-electron chi connectivity index (χ2n) is 6.93. The topological polar surface area (TPSA) is 140 Å². The number of non-ortho nitro benzene ring substituents is 1. The van der Waals surface area contributed by atoms with Gasteiger partial charge < -0.3 is 19.7 Å². The molecule has 1 fully saturated rings. The quantitative estimate of drug-likeness (QED) is 0.299. The molecule has 1 saturated heterocycles. The lowest BCUT2D eigenvalue weighted by atomic mass is 10.2. The van der Waals surface area contributed by atoms with Crippen LogP contribution < -0.4 is 20.4 Å². The Morgan fingerprint density at radius 1 is 1.12 bits per heavy atom. The summed E-state index contributed by atoms with van der Waals surface area (Å²) in [6.45, 7) is 2.48. The predicted molar refractivity (Wildman–Crippen MR) is 123 cm³/mol. The molecule has 2 aromatic carbocycles. The number of rotatable bonds is 8. The molecule has 1 aromatic heterocycles. The van der Waals surface area contributed by atoms with Gasteiger partial charge in [-0.05, 0) is 18.2 Å². The van der Waals surface area contributed by atoms with E-state index in [1.807, 2.05) is 35.2 Å². The number of methoxy groups -OCH3 is 1. The van der Waals surface area contributed by atoms with Crippen LogP contribution in [0.5, 0.6) is 5.75 Å². The highest BCUT2D eigenvalue weighted by Gasteiger charge is 2.17. The lowest BCUT2D eigenvalue weighted by molar-refractivity contribution is -0.384. The Bertz CT molecular complexity index is 1140. The van der Waals surface area contributed by atoms with Gasteiger partial charge in [-0.3, -0.25) is 10.1 Å². The molecule has 170 valence electrons. The van der Waals surface area contributed by atoms with Gasteiger partial charge >= 0.3 is 0 Å². The largest absolute Gasteiger partial charge is 0.496 e. The van der Waals surface area contributed by atoms with Crippen molar-refractivity contribution >= 4 is 35.4 Å². The van der Waals surface area contributed by atoms with Crippen LogP contribution in [0.2, 0.25) is 0 Å². The van der Waals surface area contributed by atoms with E-state index in [0.29, 0.717) is 49.5 Å². The number of nitrogens with zero attached hydrogens (tertiary/aromatic N) is 6. The molecule has 1 aliphatic rings. The van der Waals surface area contributed by atoms with E-state index < -0.39 is 4.92 Å². The van der Waals surface area contributed by atoms with Crippen molar-refractivity contribution in [3.8, 4) is 5.75 Å². The van der Waals surface area contributed by atoms with Crippen molar-refractivity contribution in [3.63, 3.8) is 0 Å². The standard InChI is InChI=1S/C21H22N8O4/c1-32-18-8-7-17(29(30)31)13-15(18)14-22-27-20-24-19(23-16-5-3-2-4-6-16)25-21(26-20)28-9-11-33-12-10-28/h2-8,13-14H,9-12H2,1H3,(H2,23,24,25,26,27).